The topological polar surface area (TPSA) is 73.9 Å². The summed E-state index contributed by atoms with van der Waals surface area (Å²) in [5.41, 5.74) is 6.75. The number of hydrogen-bond donors (Lipinski definition) is 3. The maximum atomic E-state index is 13.2. The fourth-order valence-corrected chi connectivity index (χ4v) is 1.65. The van der Waals surface area contributed by atoms with Gasteiger partial charge in [-0.2, -0.15) is 0 Å². The molecule has 0 aromatic heterocycles. The summed E-state index contributed by atoms with van der Waals surface area (Å²) in [6.45, 7) is 5.38. The zero-order chi connectivity index (χ0) is 14.3. The smallest absolute Gasteiger partial charge is 0.170 e. The largest absolute Gasteiger partial charge is 0.409 e. The summed E-state index contributed by atoms with van der Waals surface area (Å²) < 4.78 is 13.2. The van der Waals surface area contributed by atoms with Gasteiger partial charge < -0.3 is 21.2 Å². The molecule has 19 heavy (non-hydrogen) atoms. The summed E-state index contributed by atoms with van der Waals surface area (Å²) in [5.74, 6) is -0.488. The Labute approximate surface area is 112 Å². The highest BCUT2D eigenvalue weighted by molar-refractivity contribution is 5.98. The molecule has 0 aliphatic heterocycles. The van der Waals surface area contributed by atoms with Crippen LogP contribution in [0.25, 0.3) is 0 Å². The molecule has 0 fully saturated rings. The maximum absolute atomic E-state index is 13.2. The van der Waals surface area contributed by atoms with Crippen LogP contribution in [-0.4, -0.2) is 42.6 Å². The van der Waals surface area contributed by atoms with E-state index in [0.717, 1.165) is 25.2 Å². The van der Waals surface area contributed by atoms with E-state index in [1.165, 1.54) is 12.1 Å². The Kier molecular flexibility index (Phi) is 6.24. The van der Waals surface area contributed by atoms with E-state index in [0.29, 0.717) is 12.1 Å². The van der Waals surface area contributed by atoms with E-state index < -0.39 is 5.82 Å². The van der Waals surface area contributed by atoms with Crippen molar-refractivity contribution in [3.63, 3.8) is 0 Å². The Morgan fingerprint density at radius 3 is 2.89 bits per heavy atom. The fraction of sp³-hybridized carbons (Fsp3) is 0.462. The summed E-state index contributed by atoms with van der Waals surface area (Å²) in [7, 11) is 2.04. The first kappa shape index (κ1) is 15.4. The van der Waals surface area contributed by atoms with E-state index in [9.17, 15) is 4.39 Å². The van der Waals surface area contributed by atoms with E-state index in [1.807, 2.05) is 7.05 Å². The second-order valence-corrected chi connectivity index (χ2v) is 4.36. The standard InChI is InChI=1S/C13H21FN4O/c1-3-18(2)7-6-16-9-10-4-5-11(14)8-12(10)13(15)17-19/h4-5,8,16,19H,3,6-7,9H2,1-2H3,(H2,15,17). The molecular formula is C13H21FN4O. The van der Waals surface area contributed by atoms with Crippen molar-refractivity contribution in [1.82, 2.24) is 10.2 Å². The van der Waals surface area contributed by atoms with Gasteiger partial charge in [-0.05, 0) is 31.3 Å². The number of oxime groups is 1. The Morgan fingerprint density at radius 1 is 1.53 bits per heavy atom. The number of hydrogen-bond acceptors (Lipinski definition) is 4. The molecule has 0 amide bonds. The highest BCUT2D eigenvalue weighted by Gasteiger charge is 2.08. The molecule has 106 valence electrons. The Balaban J connectivity index is 2.63. The summed E-state index contributed by atoms with van der Waals surface area (Å²) in [6.07, 6.45) is 0. The Morgan fingerprint density at radius 2 is 2.26 bits per heavy atom. The van der Waals surface area contributed by atoms with E-state index in [1.54, 1.807) is 6.07 Å². The van der Waals surface area contributed by atoms with Crippen LogP contribution >= 0.6 is 0 Å². The SMILES string of the molecule is CCN(C)CCNCc1ccc(F)cc1C(N)=NO. The molecule has 0 heterocycles. The van der Waals surface area contributed by atoms with Crippen LogP contribution in [-0.2, 0) is 6.54 Å². The second-order valence-electron chi connectivity index (χ2n) is 4.36. The van der Waals surface area contributed by atoms with Gasteiger partial charge in [-0.1, -0.05) is 18.1 Å². The lowest BCUT2D eigenvalue weighted by molar-refractivity contribution is 0.318. The number of amidine groups is 1. The highest BCUT2D eigenvalue weighted by atomic mass is 19.1. The molecule has 0 saturated carbocycles. The fourth-order valence-electron chi connectivity index (χ4n) is 1.65. The predicted molar refractivity (Wildman–Crippen MR) is 73.8 cm³/mol. The minimum atomic E-state index is -0.406. The van der Waals surface area contributed by atoms with Crippen LogP contribution in [0.15, 0.2) is 23.4 Å². The average molecular weight is 268 g/mol. The summed E-state index contributed by atoms with van der Waals surface area (Å²) in [4.78, 5) is 2.18. The van der Waals surface area contributed by atoms with Crippen molar-refractivity contribution < 1.29 is 9.60 Å². The van der Waals surface area contributed by atoms with E-state index in [2.05, 4.69) is 22.3 Å². The summed E-state index contributed by atoms with van der Waals surface area (Å²) >= 11 is 0. The number of benzene rings is 1. The Hall–Kier alpha value is -1.66. The number of rotatable bonds is 7. The minimum absolute atomic E-state index is 0.0815. The lowest BCUT2D eigenvalue weighted by Gasteiger charge is -2.15. The van der Waals surface area contributed by atoms with Crippen molar-refractivity contribution in [3.8, 4) is 0 Å². The Bertz CT molecular complexity index is 437. The molecule has 0 saturated heterocycles. The number of nitrogens with zero attached hydrogens (tertiary/aromatic N) is 2. The third kappa shape index (κ3) is 4.84. The number of likely N-dealkylation sites (N-methyl/N-ethyl adjacent to an activating group) is 1. The van der Waals surface area contributed by atoms with Crippen molar-refractivity contribution >= 4 is 5.84 Å². The second kappa shape index (κ2) is 7.70. The molecule has 1 aromatic carbocycles. The van der Waals surface area contributed by atoms with Crippen LogP contribution in [0.1, 0.15) is 18.1 Å². The van der Waals surface area contributed by atoms with Gasteiger partial charge >= 0.3 is 0 Å². The molecule has 0 aliphatic rings. The average Bonchev–Trinajstić information content (AvgIpc) is 2.43. The zero-order valence-corrected chi connectivity index (χ0v) is 11.4. The first-order chi connectivity index (χ1) is 9.08. The summed E-state index contributed by atoms with van der Waals surface area (Å²) in [6, 6.07) is 4.27. The molecule has 5 nitrogen and oxygen atoms in total. The van der Waals surface area contributed by atoms with Gasteiger partial charge in [-0.15, -0.1) is 0 Å². The molecule has 0 unspecified atom stereocenters. The monoisotopic (exact) mass is 268 g/mol. The van der Waals surface area contributed by atoms with Crippen LogP contribution in [0.5, 0.6) is 0 Å². The van der Waals surface area contributed by atoms with Crippen molar-refractivity contribution in [1.29, 1.82) is 0 Å². The molecule has 6 heteroatoms. The van der Waals surface area contributed by atoms with Gasteiger partial charge in [-0.3, -0.25) is 0 Å². The molecule has 0 bridgehead atoms. The van der Waals surface area contributed by atoms with Gasteiger partial charge in [0.05, 0.1) is 0 Å². The number of nitrogens with two attached hydrogens (primary N) is 1. The van der Waals surface area contributed by atoms with Crippen molar-refractivity contribution in [2.45, 2.75) is 13.5 Å². The van der Waals surface area contributed by atoms with Gasteiger partial charge in [0.15, 0.2) is 5.84 Å². The van der Waals surface area contributed by atoms with Gasteiger partial charge in [0.1, 0.15) is 5.82 Å². The summed E-state index contributed by atoms with van der Waals surface area (Å²) in [5, 5.41) is 14.9. The third-order valence-electron chi connectivity index (χ3n) is 2.98. The lowest BCUT2D eigenvalue weighted by Crippen LogP contribution is -2.29. The molecule has 0 spiro atoms. The van der Waals surface area contributed by atoms with E-state index in [-0.39, 0.29) is 5.84 Å². The predicted octanol–water partition coefficient (Wildman–Crippen LogP) is 0.962. The number of nitrogens with one attached hydrogen (secondary N) is 1. The number of halogens is 1. The first-order valence-corrected chi connectivity index (χ1v) is 6.24. The van der Waals surface area contributed by atoms with E-state index in [4.69, 9.17) is 10.9 Å². The molecule has 1 rings (SSSR count). The molecule has 0 atom stereocenters. The third-order valence-corrected chi connectivity index (χ3v) is 2.98. The van der Waals surface area contributed by atoms with Gasteiger partial charge in [0.25, 0.3) is 0 Å². The molecule has 0 aliphatic carbocycles. The molecule has 1 aromatic rings. The van der Waals surface area contributed by atoms with Crippen molar-refractivity contribution in [2.75, 3.05) is 26.7 Å². The normalized spacial score (nSPS) is 12.1. The van der Waals surface area contributed by atoms with Crippen LogP contribution < -0.4 is 11.1 Å². The highest BCUT2D eigenvalue weighted by Crippen LogP contribution is 2.11. The first-order valence-electron chi connectivity index (χ1n) is 6.24. The van der Waals surface area contributed by atoms with Crippen molar-refractivity contribution in [2.24, 2.45) is 10.9 Å². The minimum Gasteiger partial charge on any atom is -0.409 e. The van der Waals surface area contributed by atoms with Crippen LogP contribution in [0.2, 0.25) is 0 Å². The van der Waals surface area contributed by atoms with Gasteiger partial charge in [0, 0.05) is 25.2 Å². The quantitative estimate of drug-likeness (QED) is 0.226. The van der Waals surface area contributed by atoms with E-state index >= 15 is 0 Å². The maximum Gasteiger partial charge on any atom is 0.170 e. The molecular weight excluding hydrogens is 247 g/mol. The molecule has 4 N–H and O–H groups in total. The van der Waals surface area contributed by atoms with Crippen LogP contribution in [0.4, 0.5) is 4.39 Å². The van der Waals surface area contributed by atoms with Crippen LogP contribution in [0.3, 0.4) is 0 Å². The van der Waals surface area contributed by atoms with Crippen LogP contribution in [0, 0.1) is 5.82 Å². The lowest BCUT2D eigenvalue weighted by atomic mass is 10.1. The van der Waals surface area contributed by atoms with Gasteiger partial charge in [-0.25, -0.2) is 4.39 Å². The van der Waals surface area contributed by atoms with Crippen molar-refractivity contribution in [3.05, 3.63) is 35.1 Å². The van der Waals surface area contributed by atoms with Gasteiger partial charge in [0.2, 0.25) is 0 Å². The zero-order valence-electron chi connectivity index (χ0n) is 11.4. The molecule has 0 radical (unpaired) electrons.